The Balaban J connectivity index is 1.39. The molecule has 2 aromatic rings. The Morgan fingerprint density at radius 1 is 1.00 bits per heavy atom. The number of amides is 2. The van der Waals surface area contributed by atoms with Gasteiger partial charge < -0.3 is 20.0 Å². The van der Waals surface area contributed by atoms with Crippen molar-refractivity contribution < 1.29 is 14.0 Å². The number of carbonyl (C=O) groups is 2. The highest BCUT2D eigenvalue weighted by Gasteiger charge is 2.31. The number of hydrogen-bond donors (Lipinski definition) is 2. The van der Waals surface area contributed by atoms with E-state index in [4.69, 9.17) is 4.42 Å². The fourth-order valence-corrected chi connectivity index (χ4v) is 4.08. The number of likely N-dealkylation sites (tertiary alicyclic amines) is 1. The highest BCUT2D eigenvalue weighted by atomic mass is 16.3. The number of hydrogen-bond acceptors (Lipinski definition) is 4. The third-order valence-electron chi connectivity index (χ3n) is 6.01. The van der Waals surface area contributed by atoms with Crippen molar-refractivity contribution in [3.05, 3.63) is 60.1 Å². The summed E-state index contributed by atoms with van der Waals surface area (Å²) in [5.41, 5.74) is 1.02. The number of piperidine rings is 1. The molecule has 2 heterocycles. The van der Waals surface area contributed by atoms with E-state index in [0.29, 0.717) is 18.5 Å². The van der Waals surface area contributed by atoms with Crippen LogP contribution in [0.4, 0.5) is 0 Å². The van der Waals surface area contributed by atoms with Crippen LogP contribution in [0.2, 0.25) is 0 Å². The Morgan fingerprint density at radius 2 is 1.72 bits per heavy atom. The first-order valence-electron chi connectivity index (χ1n) is 10.6. The lowest BCUT2D eigenvalue weighted by Gasteiger charge is -2.38. The van der Waals surface area contributed by atoms with Crippen molar-refractivity contribution in [2.75, 3.05) is 13.1 Å². The Bertz CT molecular complexity index is 794. The summed E-state index contributed by atoms with van der Waals surface area (Å²) in [6, 6.07) is 13.6. The third kappa shape index (κ3) is 5.07. The Morgan fingerprint density at radius 3 is 2.34 bits per heavy atom. The number of nitrogens with one attached hydrogen (secondary N) is 2. The topological polar surface area (TPSA) is 74.6 Å². The van der Waals surface area contributed by atoms with E-state index in [1.165, 1.54) is 25.5 Å². The van der Waals surface area contributed by atoms with Crippen molar-refractivity contribution in [1.82, 2.24) is 15.5 Å². The van der Waals surface area contributed by atoms with Crippen LogP contribution < -0.4 is 10.6 Å². The molecule has 0 radical (unpaired) electrons. The van der Waals surface area contributed by atoms with Crippen LogP contribution in [-0.4, -0.2) is 47.9 Å². The molecule has 1 aromatic carbocycles. The molecule has 2 aliphatic rings. The van der Waals surface area contributed by atoms with Gasteiger partial charge in [-0.15, -0.1) is 0 Å². The summed E-state index contributed by atoms with van der Waals surface area (Å²) in [6.45, 7) is 1.45. The Kier molecular flexibility index (Phi) is 6.30. The molecular formula is C23H29N3O3. The predicted molar refractivity (Wildman–Crippen MR) is 110 cm³/mol. The average molecular weight is 396 g/mol. The molecule has 1 unspecified atom stereocenters. The second-order valence-corrected chi connectivity index (χ2v) is 8.09. The summed E-state index contributed by atoms with van der Waals surface area (Å²) in [5, 5.41) is 6.60. The molecule has 2 N–H and O–H groups in total. The molecular weight excluding hydrogens is 366 g/mol. The summed E-state index contributed by atoms with van der Waals surface area (Å²) in [7, 11) is 0. The highest BCUT2D eigenvalue weighted by molar-refractivity contribution is 5.95. The summed E-state index contributed by atoms with van der Waals surface area (Å²) in [5.74, 6) is -0.152. The molecule has 1 saturated carbocycles. The van der Waals surface area contributed by atoms with Crippen molar-refractivity contribution in [2.45, 2.75) is 56.7 Å². The summed E-state index contributed by atoms with van der Waals surface area (Å²) < 4.78 is 5.19. The molecule has 154 valence electrons. The molecule has 1 saturated heterocycles. The van der Waals surface area contributed by atoms with Crippen molar-refractivity contribution in [3.8, 4) is 0 Å². The van der Waals surface area contributed by atoms with Crippen LogP contribution in [0.5, 0.6) is 0 Å². The van der Waals surface area contributed by atoms with Gasteiger partial charge in [0.15, 0.2) is 5.76 Å². The van der Waals surface area contributed by atoms with Crippen molar-refractivity contribution in [2.24, 2.45) is 0 Å². The van der Waals surface area contributed by atoms with Crippen LogP contribution in [0.25, 0.3) is 0 Å². The van der Waals surface area contributed by atoms with E-state index in [1.54, 1.807) is 12.1 Å². The first kappa shape index (κ1) is 19.7. The van der Waals surface area contributed by atoms with Gasteiger partial charge in [-0.3, -0.25) is 9.59 Å². The number of benzene rings is 1. The first-order valence-corrected chi connectivity index (χ1v) is 10.6. The van der Waals surface area contributed by atoms with Gasteiger partial charge in [0.05, 0.1) is 6.26 Å². The van der Waals surface area contributed by atoms with Gasteiger partial charge in [0.2, 0.25) is 5.91 Å². The number of rotatable bonds is 7. The largest absolute Gasteiger partial charge is 0.459 e. The van der Waals surface area contributed by atoms with E-state index in [0.717, 1.165) is 31.5 Å². The van der Waals surface area contributed by atoms with Crippen molar-refractivity contribution >= 4 is 11.8 Å². The monoisotopic (exact) mass is 395 g/mol. The molecule has 1 atom stereocenters. The van der Waals surface area contributed by atoms with E-state index in [-0.39, 0.29) is 17.6 Å². The summed E-state index contributed by atoms with van der Waals surface area (Å²) >= 11 is 0. The molecule has 1 aliphatic carbocycles. The molecule has 0 spiro atoms. The van der Waals surface area contributed by atoms with E-state index >= 15 is 0 Å². The lowest BCUT2D eigenvalue weighted by molar-refractivity contribution is -0.134. The number of furan rings is 1. The molecule has 2 fully saturated rings. The summed E-state index contributed by atoms with van der Waals surface area (Å²) in [4.78, 5) is 27.7. The van der Waals surface area contributed by atoms with E-state index < -0.39 is 6.04 Å². The second-order valence-electron chi connectivity index (χ2n) is 8.09. The van der Waals surface area contributed by atoms with Crippen LogP contribution in [0.3, 0.4) is 0 Å². The van der Waals surface area contributed by atoms with Crippen LogP contribution >= 0.6 is 0 Å². The van der Waals surface area contributed by atoms with Crippen molar-refractivity contribution in [3.63, 3.8) is 0 Å². The van der Waals surface area contributed by atoms with E-state index in [1.807, 2.05) is 35.2 Å². The fraction of sp³-hybridized carbons (Fsp3) is 0.478. The van der Waals surface area contributed by atoms with Gasteiger partial charge >= 0.3 is 0 Å². The van der Waals surface area contributed by atoms with Crippen LogP contribution in [0.15, 0.2) is 53.1 Å². The maximum atomic E-state index is 13.3. The van der Waals surface area contributed by atoms with Gasteiger partial charge in [0, 0.05) is 31.6 Å². The van der Waals surface area contributed by atoms with Gasteiger partial charge in [0.1, 0.15) is 6.04 Å². The molecule has 4 rings (SSSR count). The minimum Gasteiger partial charge on any atom is -0.459 e. The zero-order chi connectivity index (χ0) is 20.1. The van der Waals surface area contributed by atoms with Gasteiger partial charge in [0.25, 0.3) is 5.91 Å². The zero-order valence-electron chi connectivity index (χ0n) is 16.7. The molecule has 29 heavy (non-hydrogen) atoms. The lowest BCUT2D eigenvalue weighted by Crippen LogP contribution is -2.54. The minimum atomic E-state index is -0.605. The summed E-state index contributed by atoms with van der Waals surface area (Å²) in [6.07, 6.45) is 7.73. The smallest absolute Gasteiger partial charge is 0.287 e. The minimum absolute atomic E-state index is 0.0177. The molecule has 0 bridgehead atoms. The van der Waals surface area contributed by atoms with Crippen LogP contribution in [0, 0.1) is 0 Å². The highest BCUT2D eigenvalue weighted by Crippen LogP contribution is 2.21. The number of nitrogens with zero attached hydrogens (tertiary/aromatic N) is 1. The molecule has 2 amide bonds. The molecule has 6 nitrogen and oxygen atoms in total. The molecule has 1 aliphatic heterocycles. The standard InChI is InChI=1S/C23H29N3O3/c27-22(21-10-5-15-29-21)25-20(16-17-6-2-1-3-7-17)23(28)26-13-11-19(12-14-26)24-18-8-4-9-18/h1-3,5-7,10,15,18-20,24H,4,8-9,11-14,16H2,(H,25,27). The number of carbonyl (C=O) groups excluding carboxylic acids is 2. The van der Waals surface area contributed by atoms with Crippen LogP contribution in [-0.2, 0) is 11.2 Å². The average Bonchev–Trinajstić information content (AvgIpc) is 3.26. The normalized spacial score (nSPS) is 18.8. The van der Waals surface area contributed by atoms with E-state index in [9.17, 15) is 9.59 Å². The maximum absolute atomic E-state index is 13.3. The molecule has 1 aromatic heterocycles. The molecule has 6 heteroatoms. The maximum Gasteiger partial charge on any atom is 0.287 e. The van der Waals surface area contributed by atoms with Crippen molar-refractivity contribution in [1.29, 1.82) is 0 Å². The lowest BCUT2D eigenvalue weighted by atomic mass is 9.91. The van der Waals surface area contributed by atoms with E-state index in [2.05, 4.69) is 10.6 Å². The SMILES string of the molecule is O=C(NC(Cc1ccccc1)C(=O)N1CCC(NC2CCC2)CC1)c1ccco1. The van der Waals surface area contributed by atoms with Gasteiger partial charge in [-0.1, -0.05) is 36.8 Å². The van der Waals surface area contributed by atoms with Gasteiger partial charge in [-0.25, -0.2) is 0 Å². The Hall–Kier alpha value is -2.60. The fourth-order valence-electron chi connectivity index (χ4n) is 4.08. The zero-order valence-corrected chi connectivity index (χ0v) is 16.7. The van der Waals surface area contributed by atoms with Crippen LogP contribution in [0.1, 0.15) is 48.2 Å². The third-order valence-corrected chi connectivity index (χ3v) is 6.01. The predicted octanol–water partition coefficient (Wildman–Crippen LogP) is 2.75. The Labute approximate surface area is 171 Å². The van der Waals surface area contributed by atoms with Gasteiger partial charge in [-0.2, -0.15) is 0 Å². The quantitative estimate of drug-likeness (QED) is 0.756. The second kappa shape index (κ2) is 9.27. The first-order chi connectivity index (χ1) is 14.2. The van der Waals surface area contributed by atoms with Gasteiger partial charge in [-0.05, 0) is 43.4 Å².